The van der Waals surface area contributed by atoms with E-state index in [0.29, 0.717) is 0 Å². The topological polar surface area (TPSA) is 12.0 Å². The van der Waals surface area contributed by atoms with Gasteiger partial charge < -0.3 is 5.32 Å². The maximum absolute atomic E-state index is 4.06. The molecule has 0 saturated carbocycles. The molecule has 18 heavy (non-hydrogen) atoms. The van der Waals surface area contributed by atoms with Crippen LogP contribution >= 0.6 is 0 Å². The molecule has 0 bridgehead atoms. The second-order valence-electron chi connectivity index (χ2n) is 4.35. The predicted octanol–water partition coefficient (Wildman–Crippen LogP) is 5.17. The lowest BCUT2D eigenvalue weighted by atomic mass is 10.1. The van der Waals surface area contributed by atoms with Crippen molar-refractivity contribution in [1.29, 1.82) is 0 Å². The molecular weight excluding hydrogens is 218 g/mol. The van der Waals surface area contributed by atoms with Gasteiger partial charge in [-0.3, -0.25) is 0 Å². The molecule has 0 heterocycles. The van der Waals surface area contributed by atoms with Crippen LogP contribution in [0.1, 0.15) is 25.8 Å². The molecule has 1 rings (SSSR count). The number of hydrogen-bond donors (Lipinski definition) is 1. The van der Waals surface area contributed by atoms with Gasteiger partial charge in [0.2, 0.25) is 0 Å². The minimum absolute atomic E-state index is 0.931. The Bertz CT molecular complexity index is 475. The summed E-state index contributed by atoms with van der Waals surface area (Å²) in [6.07, 6.45) is 4.99. The first kappa shape index (κ1) is 14.0. The Labute approximate surface area is 110 Å². The van der Waals surface area contributed by atoms with Crippen LogP contribution in [0.15, 0.2) is 67.4 Å². The first-order chi connectivity index (χ1) is 8.52. The predicted molar refractivity (Wildman–Crippen MR) is 82.5 cm³/mol. The fourth-order valence-electron chi connectivity index (χ4n) is 1.45. The summed E-state index contributed by atoms with van der Waals surface area (Å²) in [5.41, 5.74) is 5.19. The van der Waals surface area contributed by atoms with E-state index in [4.69, 9.17) is 0 Å². The molecule has 1 heteroatoms. The minimum Gasteiger partial charge on any atom is -0.360 e. The maximum atomic E-state index is 4.06. The third kappa shape index (κ3) is 4.46. The highest BCUT2D eigenvalue weighted by atomic mass is 14.9. The summed E-state index contributed by atoms with van der Waals surface area (Å²) in [6.45, 7) is 15.8. The van der Waals surface area contributed by atoms with Crippen LogP contribution in [-0.4, -0.2) is 0 Å². The Hall–Kier alpha value is -2.02. The molecule has 0 radical (unpaired) electrons. The molecule has 0 fully saturated rings. The Morgan fingerprint density at radius 2 is 1.72 bits per heavy atom. The SMILES string of the molecule is C=C(/C=C/C(=C)c1ccc(NC(=C)C)cc1)CC. The first-order valence-corrected chi connectivity index (χ1v) is 6.10. The quantitative estimate of drug-likeness (QED) is 0.675. The summed E-state index contributed by atoms with van der Waals surface area (Å²) in [4.78, 5) is 0. The number of hydrogen-bond acceptors (Lipinski definition) is 1. The lowest BCUT2D eigenvalue weighted by molar-refractivity contribution is 1.16. The number of anilines is 1. The van der Waals surface area contributed by atoms with E-state index in [9.17, 15) is 0 Å². The molecule has 1 aromatic rings. The van der Waals surface area contributed by atoms with Crippen molar-refractivity contribution >= 4 is 11.3 Å². The highest BCUT2D eigenvalue weighted by Crippen LogP contribution is 2.18. The Morgan fingerprint density at radius 3 is 2.22 bits per heavy atom. The van der Waals surface area contributed by atoms with Crippen LogP contribution in [0.3, 0.4) is 0 Å². The van der Waals surface area contributed by atoms with Crippen molar-refractivity contribution in [3.05, 3.63) is 73.0 Å². The van der Waals surface area contributed by atoms with Crippen molar-refractivity contribution in [3.8, 4) is 0 Å². The zero-order chi connectivity index (χ0) is 13.5. The highest BCUT2D eigenvalue weighted by Gasteiger charge is 1.96. The van der Waals surface area contributed by atoms with Gasteiger partial charge in [0.25, 0.3) is 0 Å². The summed E-state index contributed by atoms with van der Waals surface area (Å²) in [5.74, 6) is 0. The average molecular weight is 239 g/mol. The van der Waals surface area contributed by atoms with E-state index >= 15 is 0 Å². The molecule has 0 aromatic heterocycles. The number of benzene rings is 1. The van der Waals surface area contributed by atoms with Gasteiger partial charge in [-0.05, 0) is 36.6 Å². The van der Waals surface area contributed by atoms with Gasteiger partial charge >= 0.3 is 0 Å². The number of allylic oxidation sites excluding steroid dienone is 5. The zero-order valence-electron chi connectivity index (χ0n) is 11.3. The molecule has 0 amide bonds. The third-order valence-electron chi connectivity index (χ3n) is 2.59. The second kappa shape index (κ2) is 6.65. The molecule has 0 saturated heterocycles. The molecule has 0 aliphatic rings. The molecule has 94 valence electrons. The van der Waals surface area contributed by atoms with Crippen molar-refractivity contribution in [3.63, 3.8) is 0 Å². The van der Waals surface area contributed by atoms with Gasteiger partial charge in [-0.15, -0.1) is 0 Å². The first-order valence-electron chi connectivity index (χ1n) is 6.10. The van der Waals surface area contributed by atoms with Crippen molar-refractivity contribution in [2.45, 2.75) is 20.3 Å². The maximum Gasteiger partial charge on any atom is 0.0381 e. The van der Waals surface area contributed by atoms with Gasteiger partial charge in [-0.1, -0.05) is 56.5 Å². The van der Waals surface area contributed by atoms with Crippen LogP contribution in [0.2, 0.25) is 0 Å². The lowest BCUT2D eigenvalue weighted by Crippen LogP contribution is -1.93. The Balaban J connectivity index is 2.73. The molecule has 1 nitrogen and oxygen atoms in total. The van der Waals surface area contributed by atoms with Gasteiger partial charge in [0.1, 0.15) is 0 Å². The van der Waals surface area contributed by atoms with Gasteiger partial charge in [0.15, 0.2) is 0 Å². The van der Waals surface area contributed by atoms with Crippen molar-refractivity contribution in [2.24, 2.45) is 0 Å². The second-order valence-corrected chi connectivity index (χ2v) is 4.35. The van der Waals surface area contributed by atoms with Crippen molar-refractivity contribution in [2.75, 3.05) is 5.32 Å². The van der Waals surface area contributed by atoms with E-state index in [1.54, 1.807) is 0 Å². The summed E-state index contributed by atoms with van der Waals surface area (Å²) in [5, 5.41) is 3.17. The average Bonchev–Trinajstić information content (AvgIpc) is 2.35. The van der Waals surface area contributed by atoms with Crippen molar-refractivity contribution < 1.29 is 0 Å². The molecule has 0 unspecified atom stereocenters. The Morgan fingerprint density at radius 1 is 1.11 bits per heavy atom. The fraction of sp³-hybridized carbons (Fsp3) is 0.176. The summed E-state index contributed by atoms with van der Waals surface area (Å²) >= 11 is 0. The number of nitrogens with one attached hydrogen (secondary N) is 1. The van der Waals surface area contributed by atoms with Gasteiger partial charge in [0, 0.05) is 11.4 Å². The monoisotopic (exact) mass is 239 g/mol. The highest BCUT2D eigenvalue weighted by molar-refractivity contribution is 5.73. The van der Waals surface area contributed by atoms with E-state index in [0.717, 1.165) is 34.5 Å². The largest absolute Gasteiger partial charge is 0.360 e. The van der Waals surface area contributed by atoms with Crippen molar-refractivity contribution in [1.82, 2.24) is 0 Å². The molecule has 0 aliphatic heterocycles. The normalized spacial score (nSPS) is 10.3. The van der Waals surface area contributed by atoms with Crippen LogP contribution < -0.4 is 5.32 Å². The van der Waals surface area contributed by atoms with Crippen LogP contribution in [0.5, 0.6) is 0 Å². The van der Waals surface area contributed by atoms with Gasteiger partial charge in [-0.25, -0.2) is 0 Å². The molecule has 1 N–H and O–H groups in total. The molecule has 0 aliphatic carbocycles. The van der Waals surface area contributed by atoms with E-state index < -0.39 is 0 Å². The third-order valence-corrected chi connectivity index (χ3v) is 2.59. The molecule has 0 atom stereocenters. The minimum atomic E-state index is 0.931. The Kier molecular flexibility index (Phi) is 5.19. The number of rotatable bonds is 6. The summed E-state index contributed by atoms with van der Waals surface area (Å²) in [7, 11) is 0. The van der Waals surface area contributed by atoms with E-state index in [1.807, 2.05) is 43.3 Å². The molecular formula is C17H21N. The van der Waals surface area contributed by atoms with Gasteiger partial charge in [-0.2, -0.15) is 0 Å². The molecule has 1 aromatic carbocycles. The van der Waals surface area contributed by atoms with E-state index in [1.165, 1.54) is 0 Å². The van der Waals surface area contributed by atoms with Gasteiger partial charge in [0.05, 0.1) is 0 Å². The zero-order valence-corrected chi connectivity index (χ0v) is 11.3. The van der Waals surface area contributed by atoms with Crippen LogP contribution in [0.4, 0.5) is 5.69 Å². The standard InChI is InChI=1S/C17H21N/c1-6-14(4)7-8-15(5)16-9-11-17(12-10-16)18-13(2)3/h7-12,18H,2,4-6H2,1,3H3/b8-7+. The summed E-state index contributed by atoms with van der Waals surface area (Å²) in [6, 6.07) is 8.15. The van der Waals surface area contributed by atoms with Crippen LogP contribution in [0.25, 0.3) is 5.57 Å². The lowest BCUT2D eigenvalue weighted by Gasteiger charge is -2.06. The van der Waals surface area contributed by atoms with E-state index in [-0.39, 0.29) is 0 Å². The van der Waals surface area contributed by atoms with Crippen LogP contribution in [-0.2, 0) is 0 Å². The van der Waals surface area contributed by atoms with E-state index in [2.05, 4.69) is 32.0 Å². The fourth-order valence-corrected chi connectivity index (χ4v) is 1.45. The smallest absolute Gasteiger partial charge is 0.0381 e. The summed E-state index contributed by atoms with van der Waals surface area (Å²) < 4.78 is 0. The van der Waals surface area contributed by atoms with Crippen LogP contribution in [0, 0.1) is 0 Å². The molecule has 0 spiro atoms.